The molecule has 4 nitrogen and oxygen atoms in total. The minimum absolute atomic E-state index is 0.605. The highest BCUT2D eigenvalue weighted by atomic mass is 32.1. The second-order valence-electron chi connectivity index (χ2n) is 3.89. The first-order valence-corrected chi connectivity index (χ1v) is 7.45. The Kier molecular flexibility index (Phi) is 4.84. The van der Waals surface area contributed by atoms with E-state index in [0.717, 1.165) is 21.8 Å². The summed E-state index contributed by atoms with van der Waals surface area (Å²) in [7, 11) is 0. The molecule has 0 fully saturated rings. The minimum atomic E-state index is -0.605. The maximum absolute atomic E-state index is 9.86. The Hall–Kier alpha value is -1.50. The highest BCUT2D eigenvalue weighted by Crippen LogP contribution is 2.27. The summed E-state index contributed by atoms with van der Waals surface area (Å²) in [5.74, 6) is 0. The average molecular weight is 294 g/mol. The Morgan fingerprint density at radius 2 is 2.11 bits per heavy atom. The summed E-state index contributed by atoms with van der Waals surface area (Å²) in [5.41, 5.74) is 6.31. The van der Waals surface area contributed by atoms with Gasteiger partial charge < -0.3 is 9.52 Å². The second-order valence-corrected chi connectivity index (χ2v) is 5.50. The molecule has 19 heavy (non-hydrogen) atoms. The first-order chi connectivity index (χ1) is 9.18. The van der Waals surface area contributed by atoms with Crippen LogP contribution < -0.4 is 0 Å². The van der Waals surface area contributed by atoms with E-state index in [1.165, 1.54) is 11.3 Å². The normalized spacial score (nSPS) is 11.7. The lowest BCUT2D eigenvalue weighted by molar-refractivity contribution is 0.222. The van der Waals surface area contributed by atoms with Crippen LogP contribution in [0.3, 0.4) is 0 Å². The van der Waals surface area contributed by atoms with Crippen LogP contribution in [-0.2, 0) is 0 Å². The smallest absolute Gasteiger partial charge is 0.118 e. The zero-order valence-electron chi connectivity index (χ0n) is 10.6. The van der Waals surface area contributed by atoms with Gasteiger partial charge >= 0.3 is 0 Å². The molecule has 3 aromatic rings. The summed E-state index contributed by atoms with van der Waals surface area (Å²) in [6.07, 6.45) is 2.49. The van der Waals surface area contributed by atoms with Gasteiger partial charge in [-0.3, -0.25) is 4.98 Å². The van der Waals surface area contributed by atoms with Crippen molar-refractivity contribution in [3.8, 4) is 0 Å². The topological polar surface area (TPSA) is 59.2 Å². The SMILES string of the molecule is Cc1cscn1.Cc1ncsc1C(O)c1ccoc1. The van der Waals surface area contributed by atoms with Crippen molar-refractivity contribution in [3.63, 3.8) is 0 Å². The van der Waals surface area contributed by atoms with Crippen molar-refractivity contribution in [2.75, 3.05) is 0 Å². The van der Waals surface area contributed by atoms with Crippen molar-refractivity contribution in [1.82, 2.24) is 9.97 Å². The molecule has 0 spiro atoms. The summed E-state index contributed by atoms with van der Waals surface area (Å²) in [6, 6.07) is 1.75. The van der Waals surface area contributed by atoms with Gasteiger partial charge in [0, 0.05) is 16.6 Å². The number of thiazole rings is 2. The molecule has 0 aliphatic carbocycles. The van der Waals surface area contributed by atoms with Crippen LogP contribution in [0.4, 0.5) is 0 Å². The predicted octanol–water partition coefficient (Wildman–Crippen LogP) is 3.58. The number of hydrogen-bond donors (Lipinski definition) is 1. The van der Waals surface area contributed by atoms with Gasteiger partial charge in [-0.2, -0.15) is 0 Å². The molecule has 6 heteroatoms. The monoisotopic (exact) mass is 294 g/mol. The van der Waals surface area contributed by atoms with E-state index in [1.54, 1.807) is 35.4 Å². The highest BCUT2D eigenvalue weighted by molar-refractivity contribution is 7.09. The van der Waals surface area contributed by atoms with E-state index >= 15 is 0 Å². The van der Waals surface area contributed by atoms with Crippen LogP contribution in [0, 0.1) is 13.8 Å². The molecule has 0 aliphatic rings. The molecule has 0 aromatic carbocycles. The summed E-state index contributed by atoms with van der Waals surface area (Å²) >= 11 is 3.08. The molecular weight excluding hydrogens is 280 g/mol. The zero-order valence-corrected chi connectivity index (χ0v) is 12.2. The van der Waals surface area contributed by atoms with Gasteiger partial charge in [-0.15, -0.1) is 22.7 Å². The standard InChI is InChI=1S/C9H9NO2S.C4H5NS/c1-6-9(13-5-10-6)8(11)7-2-3-12-4-7;1-4-2-6-3-5-4/h2-5,8,11H,1H3;2-3H,1H3. The molecular formula is C13H14N2O2S2. The highest BCUT2D eigenvalue weighted by Gasteiger charge is 2.15. The van der Waals surface area contributed by atoms with E-state index in [0.29, 0.717) is 0 Å². The van der Waals surface area contributed by atoms with E-state index in [2.05, 4.69) is 9.97 Å². The lowest BCUT2D eigenvalue weighted by Gasteiger charge is -2.05. The molecule has 0 bridgehead atoms. The first kappa shape index (κ1) is 13.9. The number of aromatic nitrogens is 2. The van der Waals surface area contributed by atoms with Crippen LogP contribution in [0.1, 0.15) is 27.9 Å². The fraction of sp³-hybridized carbons (Fsp3) is 0.231. The van der Waals surface area contributed by atoms with E-state index in [4.69, 9.17) is 4.42 Å². The van der Waals surface area contributed by atoms with Gasteiger partial charge in [0.25, 0.3) is 0 Å². The van der Waals surface area contributed by atoms with E-state index in [9.17, 15) is 5.11 Å². The van der Waals surface area contributed by atoms with Crippen molar-refractivity contribution < 1.29 is 9.52 Å². The zero-order chi connectivity index (χ0) is 13.7. The largest absolute Gasteiger partial charge is 0.472 e. The number of hydrogen-bond acceptors (Lipinski definition) is 6. The van der Waals surface area contributed by atoms with E-state index in [1.807, 2.05) is 24.7 Å². The molecule has 1 N–H and O–H groups in total. The second kappa shape index (κ2) is 6.60. The summed E-state index contributed by atoms with van der Waals surface area (Å²) < 4.78 is 4.90. The van der Waals surface area contributed by atoms with Crippen molar-refractivity contribution >= 4 is 22.7 Å². The Morgan fingerprint density at radius 1 is 1.26 bits per heavy atom. The fourth-order valence-corrected chi connectivity index (χ4v) is 2.79. The van der Waals surface area contributed by atoms with Gasteiger partial charge in [0.2, 0.25) is 0 Å². The fourth-order valence-electron chi connectivity index (χ4n) is 1.43. The van der Waals surface area contributed by atoms with Gasteiger partial charge in [-0.1, -0.05) is 0 Å². The maximum Gasteiger partial charge on any atom is 0.118 e. The average Bonchev–Trinajstić information content (AvgIpc) is 3.10. The number of furan rings is 1. The molecule has 3 aromatic heterocycles. The molecule has 100 valence electrons. The molecule has 3 rings (SSSR count). The van der Waals surface area contributed by atoms with Gasteiger partial charge in [-0.05, 0) is 19.9 Å². The van der Waals surface area contributed by atoms with E-state index in [-0.39, 0.29) is 0 Å². The molecule has 3 heterocycles. The Morgan fingerprint density at radius 3 is 2.53 bits per heavy atom. The first-order valence-electron chi connectivity index (χ1n) is 5.63. The number of rotatable bonds is 2. The molecule has 0 aliphatic heterocycles. The third kappa shape index (κ3) is 3.73. The lowest BCUT2D eigenvalue weighted by atomic mass is 10.1. The van der Waals surface area contributed by atoms with Gasteiger partial charge in [-0.25, -0.2) is 4.98 Å². The van der Waals surface area contributed by atoms with Crippen LogP contribution in [-0.4, -0.2) is 15.1 Å². The summed E-state index contributed by atoms with van der Waals surface area (Å²) in [4.78, 5) is 8.89. The van der Waals surface area contributed by atoms with Crippen molar-refractivity contribution in [2.24, 2.45) is 0 Å². The Labute approximate surface area is 119 Å². The van der Waals surface area contributed by atoms with Crippen LogP contribution in [0.15, 0.2) is 39.4 Å². The van der Waals surface area contributed by atoms with Crippen LogP contribution in [0.5, 0.6) is 0 Å². The van der Waals surface area contributed by atoms with Crippen molar-refractivity contribution in [1.29, 1.82) is 0 Å². The van der Waals surface area contributed by atoms with Gasteiger partial charge in [0.1, 0.15) is 6.10 Å². The molecule has 1 unspecified atom stereocenters. The summed E-state index contributed by atoms with van der Waals surface area (Å²) in [5, 5.41) is 11.9. The third-order valence-corrected chi connectivity index (χ3v) is 4.13. The number of aliphatic hydroxyl groups excluding tert-OH is 1. The van der Waals surface area contributed by atoms with Crippen LogP contribution in [0.25, 0.3) is 0 Å². The number of aryl methyl sites for hydroxylation is 2. The van der Waals surface area contributed by atoms with Crippen LogP contribution >= 0.6 is 22.7 Å². The molecule has 0 saturated heterocycles. The molecule has 0 radical (unpaired) electrons. The molecule has 1 atom stereocenters. The molecule has 0 amide bonds. The van der Waals surface area contributed by atoms with Crippen LogP contribution in [0.2, 0.25) is 0 Å². The van der Waals surface area contributed by atoms with Crippen molar-refractivity contribution in [2.45, 2.75) is 20.0 Å². The lowest BCUT2D eigenvalue weighted by Crippen LogP contribution is -1.96. The van der Waals surface area contributed by atoms with Gasteiger partial charge in [0.05, 0.1) is 34.1 Å². The third-order valence-electron chi connectivity index (χ3n) is 2.45. The van der Waals surface area contributed by atoms with Gasteiger partial charge in [0.15, 0.2) is 0 Å². The quantitative estimate of drug-likeness (QED) is 0.785. The molecule has 0 saturated carbocycles. The maximum atomic E-state index is 9.86. The predicted molar refractivity (Wildman–Crippen MR) is 76.5 cm³/mol. The number of nitrogens with zero attached hydrogens (tertiary/aromatic N) is 2. The number of aliphatic hydroxyl groups is 1. The van der Waals surface area contributed by atoms with Crippen molar-refractivity contribution in [3.05, 3.63) is 56.8 Å². The minimum Gasteiger partial charge on any atom is -0.472 e. The Balaban J connectivity index is 0.000000186. The van der Waals surface area contributed by atoms with E-state index < -0.39 is 6.10 Å². The Bertz CT molecular complexity index is 588. The summed E-state index contributed by atoms with van der Waals surface area (Å²) in [6.45, 7) is 3.87.